The Balaban J connectivity index is 2.49. The number of carboxylic acid groups (broad SMARTS) is 1. The van der Waals surface area contributed by atoms with Crippen molar-refractivity contribution in [3.8, 4) is 0 Å². The quantitative estimate of drug-likeness (QED) is 0.468. The fourth-order valence-corrected chi connectivity index (χ4v) is 3.34. The molecule has 0 aliphatic heterocycles. The molecule has 1 aliphatic carbocycles. The number of carbonyl (C=O) groups is 4. The molecule has 30 heavy (non-hydrogen) atoms. The minimum Gasteiger partial charge on any atom is -0.480 e. The third-order valence-corrected chi connectivity index (χ3v) is 5.13. The third-order valence-electron chi connectivity index (χ3n) is 5.13. The molecule has 1 fully saturated rings. The average Bonchev–Trinajstić information content (AvgIpc) is 2.62. The minimum absolute atomic E-state index is 0.177. The summed E-state index contributed by atoms with van der Waals surface area (Å²) in [6.45, 7) is 10.9. The van der Waals surface area contributed by atoms with Gasteiger partial charge in [-0.2, -0.15) is 0 Å². The lowest BCUT2D eigenvalue weighted by molar-refractivity contribution is -0.142. The van der Waals surface area contributed by atoms with Crippen LogP contribution in [0.4, 0.5) is 4.79 Å². The highest BCUT2D eigenvalue weighted by atomic mass is 16.6. The molecule has 0 unspecified atom stereocenters. The van der Waals surface area contributed by atoms with E-state index in [-0.39, 0.29) is 23.7 Å². The highest BCUT2D eigenvalue weighted by Gasteiger charge is 2.32. The van der Waals surface area contributed by atoms with Crippen molar-refractivity contribution in [2.45, 2.75) is 84.9 Å². The lowest BCUT2D eigenvalue weighted by atomic mass is 9.81. The number of nitrogens with one attached hydrogen (secondary N) is 3. The summed E-state index contributed by atoms with van der Waals surface area (Å²) in [5, 5.41) is 16.9. The molecule has 0 aromatic rings. The number of amides is 3. The molecule has 0 radical (unpaired) electrons. The van der Waals surface area contributed by atoms with Gasteiger partial charge in [0.05, 0.1) is 0 Å². The zero-order chi connectivity index (χ0) is 23.1. The Bertz CT molecular complexity index is 621. The summed E-state index contributed by atoms with van der Waals surface area (Å²) in [4.78, 5) is 47.8. The van der Waals surface area contributed by atoms with Crippen LogP contribution in [0.1, 0.15) is 67.2 Å². The molecule has 9 heteroatoms. The molecule has 2 atom stereocenters. The summed E-state index contributed by atoms with van der Waals surface area (Å²) in [5.41, 5.74) is -0.540. The summed E-state index contributed by atoms with van der Waals surface area (Å²) >= 11 is 0. The highest BCUT2D eigenvalue weighted by Crippen LogP contribution is 2.29. The molecule has 1 saturated carbocycles. The Labute approximate surface area is 178 Å². The van der Waals surface area contributed by atoms with E-state index in [1.807, 2.05) is 20.8 Å². The first-order chi connectivity index (χ1) is 13.8. The van der Waals surface area contributed by atoms with Crippen LogP contribution in [0.5, 0.6) is 0 Å². The first-order valence-corrected chi connectivity index (χ1v) is 10.6. The number of hydrogen-bond acceptors (Lipinski definition) is 5. The van der Waals surface area contributed by atoms with Crippen LogP contribution in [0, 0.1) is 17.8 Å². The van der Waals surface area contributed by atoms with Gasteiger partial charge >= 0.3 is 12.1 Å². The largest absolute Gasteiger partial charge is 0.480 e. The van der Waals surface area contributed by atoms with Gasteiger partial charge in [0.15, 0.2) is 0 Å². The predicted octanol–water partition coefficient (Wildman–Crippen LogP) is 2.05. The van der Waals surface area contributed by atoms with Gasteiger partial charge in [0.2, 0.25) is 11.8 Å². The fourth-order valence-electron chi connectivity index (χ4n) is 3.34. The molecule has 1 rings (SSSR count). The van der Waals surface area contributed by atoms with Crippen molar-refractivity contribution >= 4 is 23.9 Å². The molecular formula is C21H37N3O6. The van der Waals surface area contributed by atoms with Crippen molar-refractivity contribution in [3.63, 3.8) is 0 Å². The van der Waals surface area contributed by atoms with E-state index < -0.39 is 35.7 Å². The molecule has 3 amide bonds. The zero-order valence-corrected chi connectivity index (χ0v) is 18.9. The third kappa shape index (κ3) is 9.00. The average molecular weight is 428 g/mol. The van der Waals surface area contributed by atoms with Crippen molar-refractivity contribution in [1.29, 1.82) is 0 Å². The molecule has 0 aromatic heterocycles. The Morgan fingerprint density at radius 1 is 1.00 bits per heavy atom. The molecule has 9 nitrogen and oxygen atoms in total. The highest BCUT2D eigenvalue weighted by molar-refractivity contribution is 5.91. The Hall–Kier alpha value is -2.32. The van der Waals surface area contributed by atoms with Crippen LogP contribution in [0.25, 0.3) is 0 Å². The van der Waals surface area contributed by atoms with Gasteiger partial charge in [0.1, 0.15) is 17.7 Å². The summed E-state index contributed by atoms with van der Waals surface area (Å²) in [5.74, 6) is -1.91. The number of alkyl carbamates (subject to hydrolysis) is 1. The van der Waals surface area contributed by atoms with Crippen LogP contribution in [0.3, 0.4) is 0 Å². The lowest BCUT2D eigenvalue weighted by Crippen LogP contribution is -2.54. The van der Waals surface area contributed by atoms with Gasteiger partial charge in [0, 0.05) is 12.5 Å². The van der Waals surface area contributed by atoms with Crippen molar-refractivity contribution in [2.75, 3.05) is 6.54 Å². The van der Waals surface area contributed by atoms with Crippen LogP contribution >= 0.6 is 0 Å². The maximum absolute atomic E-state index is 12.7. The van der Waals surface area contributed by atoms with E-state index in [0.717, 1.165) is 12.8 Å². The molecule has 0 spiro atoms. The van der Waals surface area contributed by atoms with Gasteiger partial charge in [-0.25, -0.2) is 4.79 Å². The zero-order valence-electron chi connectivity index (χ0n) is 18.9. The van der Waals surface area contributed by atoms with E-state index in [4.69, 9.17) is 9.84 Å². The fraction of sp³-hybridized carbons (Fsp3) is 0.810. The monoisotopic (exact) mass is 427 g/mol. The first-order valence-electron chi connectivity index (χ1n) is 10.6. The Morgan fingerprint density at radius 2 is 1.57 bits per heavy atom. The van der Waals surface area contributed by atoms with Crippen LogP contribution in [-0.4, -0.2) is 53.2 Å². The SMILES string of the molecule is CC(C)[C@H](NC(=O)C1CCC(CNC(=O)OC(C)(C)C)CC1)C(=O)N[C@@H](C)C(=O)O. The summed E-state index contributed by atoms with van der Waals surface area (Å²) < 4.78 is 5.23. The van der Waals surface area contributed by atoms with Crippen molar-refractivity contribution < 1.29 is 29.0 Å². The van der Waals surface area contributed by atoms with E-state index in [1.54, 1.807) is 13.8 Å². The molecule has 0 aromatic carbocycles. The van der Waals surface area contributed by atoms with E-state index in [2.05, 4.69) is 16.0 Å². The lowest BCUT2D eigenvalue weighted by Gasteiger charge is -2.30. The molecule has 0 bridgehead atoms. The number of hydrogen-bond donors (Lipinski definition) is 4. The maximum Gasteiger partial charge on any atom is 0.407 e. The molecule has 1 aliphatic rings. The van der Waals surface area contributed by atoms with Gasteiger partial charge in [0.25, 0.3) is 0 Å². The normalized spacial score (nSPS) is 21.3. The van der Waals surface area contributed by atoms with Crippen LogP contribution < -0.4 is 16.0 Å². The van der Waals surface area contributed by atoms with Gasteiger partial charge < -0.3 is 25.8 Å². The van der Waals surface area contributed by atoms with Crippen LogP contribution in [0.2, 0.25) is 0 Å². The summed E-state index contributed by atoms with van der Waals surface area (Å²) in [6.07, 6.45) is 2.49. The number of ether oxygens (including phenoxy) is 1. The molecule has 0 saturated heterocycles. The topological polar surface area (TPSA) is 134 Å². The van der Waals surface area contributed by atoms with Crippen LogP contribution in [0.15, 0.2) is 0 Å². The number of carboxylic acids is 1. The molecule has 0 heterocycles. The second-order valence-corrected chi connectivity index (χ2v) is 9.40. The van der Waals surface area contributed by atoms with E-state index in [1.165, 1.54) is 6.92 Å². The van der Waals surface area contributed by atoms with Crippen molar-refractivity contribution in [2.24, 2.45) is 17.8 Å². The van der Waals surface area contributed by atoms with Gasteiger partial charge in [-0.05, 0) is 65.2 Å². The minimum atomic E-state index is -1.13. The van der Waals surface area contributed by atoms with E-state index >= 15 is 0 Å². The first kappa shape index (κ1) is 25.7. The molecule has 4 N–H and O–H groups in total. The predicted molar refractivity (Wildman–Crippen MR) is 112 cm³/mol. The molecular weight excluding hydrogens is 390 g/mol. The standard InChI is InChI=1S/C21H37N3O6/c1-12(2)16(18(26)23-13(3)19(27)28)24-17(25)15-9-7-14(8-10-15)11-22-20(29)30-21(4,5)6/h12-16H,7-11H2,1-6H3,(H,22,29)(H,23,26)(H,24,25)(H,27,28)/t13-,14?,15?,16-/m0/s1. The van der Waals surface area contributed by atoms with Gasteiger partial charge in [-0.1, -0.05) is 13.8 Å². The summed E-state index contributed by atoms with van der Waals surface area (Å²) in [6, 6.07) is -1.81. The second-order valence-electron chi connectivity index (χ2n) is 9.40. The second kappa shape index (κ2) is 11.2. The Morgan fingerprint density at radius 3 is 2.03 bits per heavy atom. The Kier molecular flexibility index (Phi) is 9.58. The smallest absolute Gasteiger partial charge is 0.407 e. The van der Waals surface area contributed by atoms with Gasteiger partial charge in [-0.3, -0.25) is 14.4 Å². The van der Waals surface area contributed by atoms with E-state index in [9.17, 15) is 19.2 Å². The van der Waals surface area contributed by atoms with Crippen LogP contribution in [-0.2, 0) is 19.1 Å². The number of aliphatic carboxylic acids is 1. The summed E-state index contributed by atoms with van der Waals surface area (Å²) in [7, 11) is 0. The molecule has 172 valence electrons. The van der Waals surface area contributed by atoms with Crippen molar-refractivity contribution in [1.82, 2.24) is 16.0 Å². The van der Waals surface area contributed by atoms with E-state index in [0.29, 0.717) is 19.4 Å². The van der Waals surface area contributed by atoms with Crippen molar-refractivity contribution in [3.05, 3.63) is 0 Å². The van der Waals surface area contributed by atoms with Gasteiger partial charge in [-0.15, -0.1) is 0 Å². The number of carbonyl (C=O) groups excluding carboxylic acids is 3. The number of rotatable bonds is 8. The maximum atomic E-state index is 12.7.